The van der Waals surface area contributed by atoms with E-state index in [2.05, 4.69) is 28.7 Å². The molecule has 2 heterocycles. The molecule has 3 aromatic rings. The van der Waals surface area contributed by atoms with Crippen molar-refractivity contribution in [1.29, 1.82) is 0 Å². The molecule has 27 heavy (non-hydrogen) atoms. The van der Waals surface area contributed by atoms with Crippen LogP contribution in [0, 0.1) is 0 Å². The van der Waals surface area contributed by atoms with Gasteiger partial charge >= 0.3 is 0 Å². The lowest BCUT2D eigenvalue weighted by molar-refractivity contribution is 0.0383. The number of rotatable bonds is 5. The van der Waals surface area contributed by atoms with E-state index in [1.807, 2.05) is 22.9 Å². The number of benzene rings is 2. The molecule has 6 nitrogen and oxygen atoms in total. The van der Waals surface area contributed by atoms with Crippen molar-refractivity contribution in [3.05, 3.63) is 83.2 Å². The predicted octanol–water partition coefficient (Wildman–Crippen LogP) is 2.68. The number of nitrogens with zero attached hydrogens (tertiary/aromatic N) is 2. The van der Waals surface area contributed by atoms with Crippen LogP contribution < -0.4 is 5.32 Å². The van der Waals surface area contributed by atoms with Gasteiger partial charge in [-0.05, 0) is 29.7 Å². The quantitative estimate of drug-likeness (QED) is 0.731. The summed E-state index contributed by atoms with van der Waals surface area (Å²) in [5, 5.41) is 17.3. The summed E-state index contributed by atoms with van der Waals surface area (Å²) in [6.45, 7) is 1.61. The molecule has 1 amide bonds. The largest absolute Gasteiger partial charge is 0.507 e. The summed E-state index contributed by atoms with van der Waals surface area (Å²) in [5.41, 5.74) is 3.46. The molecule has 4 rings (SSSR count). The van der Waals surface area contributed by atoms with Gasteiger partial charge in [0.05, 0.1) is 24.4 Å². The third-order valence-corrected chi connectivity index (χ3v) is 4.65. The SMILES string of the molecule is O=C(NC[C@H]1OCCc2cn(Cc3ccccc3)nc21)c1ccccc1O. The number of aromatic nitrogens is 2. The van der Waals surface area contributed by atoms with Crippen molar-refractivity contribution < 1.29 is 14.6 Å². The highest BCUT2D eigenvalue weighted by Gasteiger charge is 2.25. The number of aromatic hydroxyl groups is 1. The number of hydrogen-bond donors (Lipinski definition) is 2. The van der Waals surface area contributed by atoms with Crippen LogP contribution in [0.25, 0.3) is 0 Å². The van der Waals surface area contributed by atoms with Gasteiger partial charge in [0.1, 0.15) is 11.9 Å². The van der Waals surface area contributed by atoms with Crippen LogP contribution in [-0.2, 0) is 17.7 Å². The van der Waals surface area contributed by atoms with Crippen LogP contribution in [0.3, 0.4) is 0 Å². The minimum Gasteiger partial charge on any atom is -0.507 e. The van der Waals surface area contributed by atoms with Crippen LogP contribution in [0.5, 0.6) is 5.75 Å². The van der Waals surface area contributed by atoms with E-state index in [4.69, 9.17) is 4.74 Å². The van der Waals surface area contributed by atoms with E-state index < -0.39 is 0 Å². The van der Waals surface area contributed by atoms with Crippen LogP contribution in [0.2, 0.25) is 0 Å². The van der Waals surface area contributed by atoms with Crippen LogP contribution >= 0.6 is 0 Å². The molecule has 0 saturated heterocycles. The molecule has 6 heteroatoms. The van der Waals surface area contributed by atoms with E-state index >= 15 is 0 Å². The van der Waals surface area contributed by atoms with Crippen molar-refractivity contribution in [2.45, 2.75) is 19.1 Å². The summed E-state index contributed by atoms with van der Waals surface area (Å²) in [4.78, 5) is 12.3. The number of carbonyl (C=O) groups is 1. The molecule has 2 N–H and O–H groups in total. The number of carbonyl (C=O) groups excluding carboxylic acids is 1. The van der Waals surface area contributed by atoms with Gasteiger partial charge in [0, 0.05) is 12.7 Å². The summed E-state index contributed by atoms with van der Waals surface area (Å²) in [5.74, 6) is -0.361. The third-order valence-electron chi connectivity index (χ3n) is 4.65. The zero-order valence-electron chi connectivity index (χ0n) is 14.8. The first-order valence-corrected chi connectivity index (χ1v) is 8.98. The highest BCUT2D eigenvalue weighted by molar-refractivity contribution is 5.96. The maximum atomic E-state index is 12.3. The highest BCUT2D eigenvalue weighted by atomic mass is 16.5. The van der Waals surface area contributed by atoms with E-state index in [0.29, 0.717) is 19.7 Å². The molecular weight excluding hydrogens is 342 g/mol. The lowest BCUT2D eigenvalue weighted by Crippen LogP contribution is -2.32. The van der Waals surface area contributed by atoms with Gasteiger partial charge in [-0.2, -0.15) is 5.10 Å². The lowest BCUT2D eigenvalue weighted by Gasteiger charge is -2.22. The second-order valence-corrected chi connectivity index (χ2v) is 6.56. The lowest BCUT2D eigenvalue weighted by atomic mass is 10.1. The second-order valence-electron chi connectivity index (χ2n) is 6.56. The number of phenols is 1. The van der Waals surface area contributed by atoms with E-state index in [1.165, 1.54) is 11.6 Å². The molecule has 0 spiro atoms. The van der Waals surface area contributed by atoms with E-state index in [1.54, 1.807) is 18.2 Å². The van der Waals surface area contributed by atoms with Crippen LogP contribution in [0.15, 0.2) is 60.8 Å². The molecular formula is C21H21N3O3. The standard InChI is InChI=1S/C21H21N3O3/c25-18-9-5-4-8-17(18)21(26)22-12-19-20-16(10-11-27-19)14-24(23-20)13-15-6-2-1-3-7-15/h1-9,14,19,25H,10-13H2,(H,22,26)/t19-/m1/s1. The highest BCUT2D eigenvalue weighted by Crippen LogP contribution is 2.26. The van der Waals surface area contributed by atoms with E-state index in [0.717, 1.165) is 17.7 Å². The Morgan fingerprint density at radius 1 is 1.19 bits per heavy atom. The number of nitrogens with one attached hydrogen (secondary N) is 1. The predicted molar refractivity (Wildman–Crippen MR) is 101 cm³/mol. The van der Waals surface area contributed by atoms with Gasteiger partial charge in [-0.15, -0.1) is 0 Å². The van der Waals surface area contributed by atoms with Gasteiger partial charge < -0.3 is 15.2 Å². The first-order chi connectivity index (χ1) is 13.2. The number of phenolic OH excluding ortho intramolecular Hbond substituents is 1. The summed E-state index contributed by atoms with van der Waals surface area (Å²) in [6, 6.07) is 16.6. The molecule has 1 atom stereocenters. The van der Waals surface area contributed by atoms with Crippen molar-refractivity contribution in [3.63, 3.8) is 0 Å². The summed E-state index contributed by atoms with van der Waals surface area (Å²) in [7, 11) is 0. The Labute approximate surface area is 157 Å². The molecule has 2 aromatic carbocycles. The van der Waals surface area contributed by atoms with Crippen molar-refractivity contribution in [2.75, 3.05) is 13.2 Å². The first-order valence-electron chi connectivity index (χ1n) is 8.98. The first kappa shape index (κ1) is 17.3. The zero-order chi connectivity index (χ0) is 18.6. The smallest absolute Gasteiger partial charge is 0.255 e. The Morgan fingerprint density at radius 3 is 2.78 bits per heavy atom. The van der Waals surface area contributed by atoms with Gasteiger partial charge in [0.25, 0.3) is 5.91 Å². The van der Waals surface area contributed by atoms with Gasteiger partial charge in [-0.25, -0.2) is 0 Å². The molecule has 0 saturated carbocycles. The number of amides is 1. The summed E-state index contributed by atoms with van der Waals surface area (Å²) in [6.07, 6.45) is 2.58. The third kappa shape index (κ3) is 3.85. The van der Waals surface area contributed by atoms with Crippen molar-refractivity contribution in [2.24, 2.45) is 0 Å². The Hall–Kier alpha value is -3.12. The molecule has 0 aliphatic carbocycles. The maximum Gasteiger partial charge on any atom is 0.255 e. The van der Waals surface area contributed by atoms with Gasteiger partial charge in [0.2, 0.25) is 0 Å². The average Bonchev–Trinajstić information content (AvgIpc) is 3.10. The Kier molecular flexibility index (Phi) is 4.89. The fourth-order valence-corrected chi connectivity index (χ4v) is 3.28. The van der Waals surface area contributed by atoms with Crippen LogP contribution in [0.4, 0.5) is 0 Å². The number of fused-ring (bicyclic) bond motifs is 1. The fraction of sp³-hybridized carbons (Fsp3) is 0.238. The van der Waals surface area contributed by atoms with Crippen LogP contribution in [-0.4, -0.2) is 33.9 Å². The minimum atomic E-state index is -0.326. The van der Waals surface area contributed by atoms with Crippen molar-refractivity contribution >= 4 is 5.91 Å². The Morgan fingerprint density at radius 2 is 1.96 bits per heavy atom. The average molecular weight is 363 g/mol. The number of para-hydroxylation sites is 1. The van der Waals surface area contributed by atoms with Gasteiger partial charge in [-0.1, -0.05) is 42.5 Å². The van der Waals surface area contributed by atoms with E-state index in [-0.39, 0.29) is 23.3 Å². The van der Waals surface area contributed by atoms with Crippen molar-refractivity contribution in [1.82, 2.24) is 15.1 Å². The molecule has 0 fully saturated rings. The summed E-state index contributed by atoms with van der Waals surface area (Å²) >= 11 is 0. The second kappa shape index (κ2) is 7.63. The molecule has 0 radical (unpaired) electrons. The molecule has 0 bridgehead atoms. The number of hydrogen-bond acceptors (Lipinski definition) is 4. The van der Waals surface area contributed by atoms with Gasteiger partial charge in [-0.3, -0.25) is 9.48 Å². The monoisotopic (exact) mass is 363 g/mol. The Bertz CT molecular complexity index is 937. The topological polar surface area (TPSA) is 76.4 Å². The van der Waals surface area contributed by atoms with Crippen LogP contribution in [0.1, 0.15) is 33.3 Å². The van der Waals surface area contributed by atoms with E-state index in [9.17, 15) is 9.90 Å². The zero-order valence-corrected chi connectivity index (χ0v) is 14.8. The van der Waals surface area contributed by atoms with Crippen molar-refractivity contribution in [3.8, 4) is 5.75 Å². The normalized spacial score (nSPS) is 15.9. The minimum absolute atomic E-state index is 0.0348. The number of ether oxygens (including phenoxy) is 1. The molecule has 1 aliphatic rings. The summed E-state index contributed by atoms with van der Waals surface area (Å²) < 4.78 is 7.75. The Balaban J connectivity index is 1.45. The molecule has 1 aromatic heterocycles. The fourth-order valence-electron chi connectivity index (χ4n) is 3.28. The maximum absolute atomic E-state index is 12.3. The van der Waals surface area contributed by atoms with Gasteiger partial charge in [0.15, 0.2) is 0 Å². The molecule has 138 valence electrons. The molecule has 0 unspecified atom stereocenters. The molecule has 1 aliphatic heterocycles.